The second-order valence-electron chi connectivity index (χ2n) is 6.30. The number of fused-ring (bicyclic) bond motifs is 1. The first-order valence-electron chi connectivity index (χ1n) is 8.50. The van der Waals surface area contributed by atoms with Crippen molar-refractivity contribution in [3.63, 3.8) is 0 Å². The first-order chi connectivity index (χ1) is 13.8. The van der Waals surface area contributed by atoms with E-state index in [0.717, 1.165) is 27.8 Å². The molecule has 0 spiro atoms. The van der Waals surface area contributed by atoms with Gasteiger partial charge in [0, 0.05) is 40.8 Å². The molecule has 0 aliphatic rings. The van der Waals surface area contributed by atoms with E-state index < -0.39 is 12.0 Å². The van der Waals surface area contributed by atoms with Crippen LogP contribution in [-0.4, -0.2) is 29.9 Å². The maximum atomic E-state index is 12.7. The number of aryl methyl sites for hydroxylation is 1. The second kappa shape index (κ2) is 7.32. The molecule has 29 heavy (non-hydrogen) atoms. The van der Waals surface area contributed by atoms with E-state index in [2.05, 4.69) is 35.2 Å². The molecular weight excluding hydrogens is 403 g/mol. The predicted molar refractivity (Wildman–Crippen MR) is 102 cm³/mol. The van der Waals surface area contributed by atoms with Crippen LogP contribution in [0, 0.1) is 6.92 Å². The van der Waals surface area contributed by atoms with Crippen molar-refractivity contribution in [2.24, 2.45) is 0 Å². The summed E-state index contributed by atoms with van der Waals surface area (Å²) in [4.78, 5) is 25.1. The van der Waals surface area contributed by atoms with Crippen LogP contribution < -0.4 is 5.32 Å². The first-order valence-corrected chi connectivity index (χ1v) is 9.32. The van der Waals surface area contributed by atoms with Gasteiger partial charge in [0.15, 0.2) is 5.65 Å². The zero-order valence-electron chi connectivity index (χ0n) is 15.3. The van der Waals surface area contributed by atoms with Crippen LogP contribution in [0.15, 0.2) is 37.2 Å². The summed E-state index contributed by atoms with van der Waals surface area (Å²) in [5.41, 5.74) is 1.82. The summed E-state index contributed by atoms with van der Waals surface area (Å²) in [6.45, 7) is 3.75. The molecule has 4 aromatic heterocycles. The van der Waals surface area contributed by atoms with Crippen molar-refractivity contribution in [1.82, 2.24) is 29.9 Å². The van der Waals surface area contributed by atoms with E-state index in [-0.39, 0.29) is 6.04 Å². The molecule has 0 aliphatic heterocycles. The molecule has 0 radical (unpaired) electrons. The molecule has 0 unspecified atom stereocenters. The fourth-order valence-electron chi connectivity index (χ4n) is 2.66. The summed E-state index contributed by atoms with van der Waals surface area (Å²) in [6.07, 6.45) is 2.59. The lowest BCUT2D eigenvalue weighted by Gasteiger charge is -2.16. The summed E-state index contributed by atoms with van der Waals surface area (Å²) < 4.78 is 38.0. The molecule has 0 fully saturated rings. The lowest BCUT2D eigenvalue weighted by molar-refractivity contribution is -0.145. The van der Waals surface area contributed by atoms with Crippen LogP contribution in [0.25, 0.3) is 21.6 Å². The number of aromatic nitrogens is 6. The van der Waals surface area contributed by atoms with E-state index in [4.69, 9.17) is 0 Å². The highest BCUT2D eigenvalue weighted by Gasteiger charge is 2.34. The third-order valence-corrected chi connectivity index (χ3v) is 5.10. The maximum Gasteiger partial charge on any atom is 0.451 e. The molecule has 4 heterocycles. The highest BCUT2D eigenvalue weighted by Crippen LogP contribution is 2.30. The summed E-state index contributed by atoms with van der Waals surface area (Å²) >= 11 is 1.55. The summed E-state index contributed by atoms with van der Waals surface area (Å²) in [5, 5.41) is 4.68. The highest BCUT2D eigenvalue weighted by molar-refractivity contribution is 7.14. The van der Waals surface area contributed by atoms with Gasteiger partial charge >= 0.3 is 6.18 Å². The van der Waals surface area contributed by atoms with Gasteiger partial charge in [-0.05, 0) is 19.9 Å². The number of nitrogens with one attached hydrogen (secondary N) is 1. The number of hydrogen-bond acceptors (Lipinski definition) is 8. The average Bonchev–Trinajstić information content (AvgIpc) is 3.14. The molecule has 0 saturated carbocycles. The quantitative estimate of drug-likeness (QED) is 0.525. The standard InChI is InChI=1S/C18H14F3N7S/c1-9-4-23-16(29-9)11-3-13-14(22-5-11)26-8-27-15(13)28-10(2)12-6-24-17(25-7-12)18(19,20)21/h3-8,10H,1-2H3,(H,22,26,27,28)/t10-/m1/s1. The molecule has 7 nitrogen and oxygen atoms in total. The molecule has 0 aromatic carbocycles. The van der Waals surface area contributed by atoms with E-state index in [0.29, 0.717) is 22.4 Å². The molecule has 0 aliphatic carbocycles. The van der Waals surface area contributed by atoms with Crippen molar-refractivity contribution in [2.75, 3.05) is 5.32 Å². The lowest BCUT2D eigenvalue weighted by Crippen LogP contribution is -2.14. The minimum Gasteiger partial charge on any atom is -0.363 e. The first kappa shape index (κ1) is 19.1. The molecule has 0 amide bonds. The Morgan fingerprint density at radius 1 is 0.966 bits per heavy atom. The van der Waals surface area contributed by atoms with Gasteiger partial charge in [-0.15, -0.1) is 11.3 Å². The van der Waals surface area contributed by atoms with Crippen LogP contribution in [0.4, 0.5) is 19.0 Å². The van der Waals surface area contributed by atoms with Crippen molar-refractivity contribution in [3.05, 3.63) is 53.4 Å². The van der Waals surface area contributed by atoms with Crippen LogP contribution in [0.2, 0.25) is 0 Å². The fourth-order valence-corrected chi connectivity index (χ4v) is 3.41. The van der Waals surface area contributed by atoms with Crippen LogP contribution in [0.3, 0.4) is 0 Å². The minimum atomic E-state index is -4.58. The van der Waals surface area contributed by atoms with Gasteiger partial charge in [-0.3, -0.25) is 0 Å². The van der Waals surface area contributed by atoms with Gasteiger partial charge in [0.1, 0.15) is 17.2 Å². The van der Waals surface area contributed by atoms with E-state index in [9.17, 15) is 13.2 Å². The maximum absolute atomic E-state index is 12.7. The molecule has 0 saturated heterocycles. The number of hydrogen-bond donors (Lipinski definition) is 1. The average molecular weight is 417 g/mol. The Morgan fingerprint density at radius 3 is 2.38 bits per heavy atom. The molecule has 11 heteroatoms. The summed E-state index contributed by atoms with van der Waals surface area (Å²) in [7, 11) is 0. The normalized spacial score (nSPS) is 12.9. The van der Waals surface area contributed by atoms with Crippen molar-refractivity contribution in [1.29, 1.82) is 0 Å². The number of halogens is 3. The highest BCUT2D eigenvalue weighted by atomic mass is 32.1. The number of pyridine rings is 1. The predicted octanol–water partition coefficient (Wildman–Crippen LogP) is 4.44. The van der Waals surface area contributed by atoms with Gasteiger partial charge in [-0.25, -0.2) is 29.9 Å². The van der Waals surface area contributed by atoms with Crippen molar-refractivity contribution in [2.45, 2.75) is 26.1 Å². The van der Waals surface area contributed by atoms with E-state index in [1.54, 1.807) is 30.7 Å². The van der Waals surface area contributed by atoms with Gasteiger partial charge in [-0.1, -0.05) is 0 Å². The van der Waals surface area contributed by atoms with Crippen molar-refractivity contribution >= 4 is 28.2 Å². The van der Waals surface area contributed by atoms with Crippen molar-refractivity contribution in [3.8, 4) is 10.6 Å². The Balaban J connectivity index is 1.64. The zero-order chi connectivity index (χ0) is 20.6. The number of thiazole rings is 1. The number of rotatable bonds is 4. The topological polar surface area (TPSA) is 89.4 Å². The number of nitrogens with zero attached hydrogens (tertiary/aromatic N) is 6. The lowest BCUT2D eigenvalue weighted by atomic mass is 10.1. The van der Waals surface area contributed by atoms with Gasteiger partial charge in [0.2, 0.25) is 5.82 Å². The van der Waals surface area contributed by atoms with Gasteiger partial charge in [0.25, 0.3) is 0 Å². The monoisotopic (exact) mass is 417 g/mol. The number of anilines is 1. The van der Waals surface area contributed by atoms with Crippen LogP contribution in [0.5, 0.6) is 0 Å². The van der Waals surface area contributed by atoms with Crippen LogP contribution >= 0.6 is 11.3 Å². The summed E-state index contributed by atoms with van der Waals surface area (Å²) in [6, 6.07) is 1.50. The molecule has 148 valence electrons. The van der Waals surface area contributed by atoms with E-state index in [1.807, 2.05) is 13.0 Å². The Hall–Kier alpha value is -3.21. The second-order valence-corrected chi connectivity index (χ2v) is 7.53. The molecule has 4 rings (SSSR count). The SMILES string of the molecule is Cc1cnc(-c2cnc3ncnc(N[C@H](C)c4cnc(C(F)(F)F)nc4)c3c2)s1. The fraction of sp³-hybridized carbons (Fsp3) is 0.222. The van der Waals surface area contributed by atoms with E-state index >= 15 is 0 Å². The molecular formula is C18H14F3N7S. The number of alkyl halides is 3. The van der Waals surface area contributed by atoms with Gasteiger partial charge in [-0.2, -0.15) is 13.2 Å². The Bertz CT molecular complexity index is 1160. The van der Waals surface area contributed by atoms with Crippen LogP contribution in [0.1, 0.15) is 29.2 Å². The molecule has 1 N–H and O–H groups in total. The van der Waals surface area contributed by atoms with E-state index in [1.165, 1.54) is 6.33 Å². The third-order valence-electron chi connectivity index (χ3n) is 4.14. The smallest absolute Gasteiger partial charge is 0.363 e. The Morgan fingerprint density at radius 2 is 1.72 bits per heavy atom. The largest absolute Gasteiger partial charge is 0.451 e. The molecule has 1 atom stereocenters. The minimum absolute atomic E-state index is 0.388. The zero-order valence-corrected chi connectivity index (χ0v) is 16.1. The van der Waals surface area contributed by atoms with Crippen molar-refractivity contribution < 1.29 is 13.2 Å². The molecule has 0 bridgehead atoms. The Kier molecular flexibility index (Phi) is 4.82. The summed E-state index contributed by atoms with van der Waals surface area (Å²) in [5.74, 6) is -0.668. The Labute approximate surface area is 167 Å². The van der Waals surface area contributed by atoms with Gasteiger partial charge < -0.3 is 5.32 Å². The molecule has 4 aromatic rings. The third kappa shape index (κ3) is 3.99. The van der Waals surface area contributed by atoms with Crippen LogP contribution in [-0.2, 0) is 6.18 Å². The van der Waals surface area contributed by atoms with Gasteiger partial charge in [0.05, 0.1) is 11.4 Å².